The Balaban J connectivity index is 1.44. The first-order chi connectivity index (χ1) is 28.3. The summed E-state index contributed by atoms with van der Waals surface area (Å²) in [5.41, 5.74) is 3.31. The maximum atomic E-state index is 13.5. The molecule has 2 N–H and O–H groups in total. The normalized spacial score (nSPS) is 22.1. The molecule has 58 heavy (non-hydrogen) atoms. The number of benzene rings is 6. The maximum Gasteiger partial charge on any atom is 0.472 e. The topological polar surface area (TPSA) is 113 Å². The van der Waals surface area contributed by atoms with Crippen LogP contribution >= 0.6 is 7.82 Å². The minimum Gasteiger partial charge on any atom is -0.374 e. The van der Waals surface area contributed by atoms with Gasteiger partial charge in [0.25, 0.3) is 0 Å². The van der Waals surface area contributed by atoms with Crippen molar-refractivity contribution in [3.05, 3.63) is 215 Å². The van der Waals surface area contributed by atoms with Gasteiger partial charge in [-0.1, -0.05) is 182 Å². The van der Waals surface area contributed by atoms with Crippen molar-refractivity contribution in [3.63, 3.8) is 0 Å². The van der Waals surface area contributed by atoms with Crippen molar-refractivity contribution in [2.24, 2.45) is 0 Å². The van der Waals surface area contributed by atoms with Crippen LogP contribution < -0.4 is 0 Å². The molecule has 0 unspecified atom stereocenters. The van der Waals surface area contributed by atoms with Crippen molar-refractivity contribution in [1.29, 1.82) is 0 Å². The second-order valence-electron chi connectivity index (χ2n) is 14.5. The van der Waals surface area contributed by atoms with Gasteiger partial charge in [-0.25, -0.2) is 4.57 Å². The first-order valence-electron chi connectivity index (χ1n) is 19.4. The Kier molecular flexibility index (Phi) is 14.1. The molecule has 1 aliphatic rings. The Labute approximate surface area is 340 Å². The standard InChI is InChI=1S/C48H49O9P/c49-58(50,51)57-48(32-39-21-9-2-10-22-39)47(31-38-19-7-1-8-20-38,55-36-43-29-17-6-18-30-43)46(54-35-42-27-15-5-16-28-42)45(53-34-41-25-13-4-14-26-41)44(56-48)37-52-33-40-23-11-3-12-24-40/h1-30,44-46H,31-37H2,(H2,49,50,51)/t44-,45-,46-,47-,48-/m1/s1. The Hall–Kier alpha value is -4.77. The summed E-state index contributed by atoms with van der Waals surface area (Å²) in [7, 11) is -5.35. The number of hydrogen-bond donors (Lipinski definition) is 2. The van der Waals surface area contributed by atoms with Crippen LogP contribution in [0.5, 0.6) is 0 Å². The van der Waals surface area contributed by atoms with Crippen LogP contribution in [0.1, 0.15) is 33.4 Å². The van der Waals surface area contributed by atoms with E-state index in [-0.39, 0.29) is 45.9 Å². The minimum absolute atomic E-state index is 0.0271. The molecular weight excluding hydrogens is 751 g/mol. The highest BCUT2D eigenvalue weighted by Gasteiger charge is 2.69. The fourth-order valence-corrected chi connectivity index (χ4v) is 8.22. The third-order valence-corrected chi connectivity index (χ3v) is 10.8. The lowest BCUT2D eigenvalue weighted by Crippen LogP contribution is -2.76. The number of phosphoric acid groups is 1. The van der Waals surface area contributed by atoms with E-state index in [2.05, 4.69) is 0 Å². The SMILES string of the molecule is O=P(O)(O)O[C@@]1(Cc2ccccc2)O[C@H](COCc2ccccc2)[C@@H](OCc2ccccc2)[C@@H](OCc2ccccc2)[C@@]1(Cc1ccccc1)OCc1ccccc1. The van der Waals surface area contributed by atoms with Gasteiger partial charge in [0.05, 0.1) is 33.0 Å². The second-order valence-corrected chi connectivity index (χ2v) is 15.6. The summed E-state index contributed by atoms with van der Waals surface area (Å²) in [6.07, 6.45) is -2.98. The zero-order valence-electron chi connectivity index (χ0n) is 32.2. The molecule has 0 amide bonds. The van der Waals surface area contributed by atoms with Crippen LogP contribution in [0.25, 0.3) is 0 Å². The van der Waals surface area contributed by atoms with E-state index in [1.54, 1.807) is 0 Å². The molecule has 1 saturated heterocycles. The Morgan fingerprint density at radius 2 is 0.897 bits per heavy atom. The first-order valence-corrected chi connectivity index (χ1v) is 21.0. The predicted octanol–water partition coefficient (Wildman–Crippen LogP) is 9.02. The zero-order valence-corrected chi connectivity index (χ0v) is 33.1. The zero-order chi connectivity index (χ0) is 40.1. The van der Waals surface area contributed by atoms with Crippen LogP contribution in [0.3, 0.4) is 0 Å². The predicted molar refractivity (Wildman–Crippen MR) is 221 cm³/mol. The van der Waals surface area contributed by atoms with E-state index in [1.165, 1.54) is 0 Å². The van der Waals surface area contributed by atoms with E-state index in [1.807, 2.05) is 182 Å². The molecule has 6 aromatic rings. The van der Waals surface area contributed by atoms with E-state index >= 15 is 0 Å². The molecule has 300 valence electrons. The van der Waals surface area contributed by atoms with Crippen molar-refractivity contribution in [3.8, 4) is 0 Å². The minimum atomic E-state index is -5.35. The van der Waals surface area contributed by atoms with Crippen LogP contribution in [0.15, 0.2) is 182 Å². The Morgan fingerprint density at radius 1 is 0.500 bits per heavy atom. The van der Waals surface area contributed by atoms with Crippen molar-refractivity contribution in [1.82, 2.24) is 0 Å². The van der Waals surface area contributed by atoms with Gasteiger partial charge in [0.1, 0.15) is 18.3 Å². The van der Waals surface area contributed by atoms with Gasteiger partial charge >= 0.3 is 7.82 Å². The molecule has 0 aromatic heterocycles. The molecule has 0 bridgehead atoms. The molecular formula is C48H49O9P. The second kappa shape index (κ2) is 19.8. The summed E-state index contributed by atoms with van der Waals surface area (Å²) >= 11 is 0. The van der Waals surface area contributed by atoms with Crippen molar-refractivity contribution in [2.45, 2.75) is 69.0 Å². The molecule has 9 nitrogen and oxygen atoms in total. The number of phosphoric ester groups is 1. The molecule has 0 saturated carbocycles. The molecule has 0 spiro atoms. The first kappa shape index (κ1) is 41.4. The summed E-state index contributed by atoms with van der Waals surface area (Å²) in [6, 6.07) is 57.9. The van der Waals surface area contributed by atoms with E-state index in [0.717, 1.165) is 27.8 Å². The van der Waals surface area contributed by atoms with E-state index in [0.29, 0.717) is 5.56 Å². The van der Waals surface area contributed by atoms with E-state index in [4.69, 9.17) is 28.2 Å². The number of ether oxygens (including phenoxy) is 5. The molecule has 1 fully saturated rings. The molecule has 5 atom stereocenters. The Morgan fingerprint density at radius 3 is 1.36 bits per heavy atom. The maximum absolute atomic E-state index is 13.5. The summed E-state index contributed by atoms with van der Waals surface area (Å²) < 4.78 is 54.6. The van der Waals surface area contributed by atoms with Gasteiger partial charge in [-0.2, -0.15) is 0 Å². The summed E-state index contributed by atoms with van der Waals surface area (Å²) in [5.74, 6) is -2.17. The van der Waals surface area contributed by atoms with Gasteiger partial charge < -0.3 is 33.5 Å². The van der Waals surface area contributed by atoms with E-state index in [9.17, 15) is 14.4 Å². The van der Waals surface area contributed by atoms with Crippen LogP contribution in [-0.2, 0) is 72.0 Å². The molecule has 10 heteroatoms. The van der Waals surface area contributed by atoms with Crippen LogP contribution in [0, 0.1) is 0 Å². The Bertz CT molecular complexity index is 2140. The van der Waals surface area contributed by atoms with Crippen molar-refractivity contribution in [2.75, 3.05) is 6.61 Å². The van der Waals surface area contributed by atoms with Crippen LogP contribution in [-0.4, -0.2) is 46.1 Å². The average Bonchev–Trinajstić information content (AvgIpc) is 3.24. The largest absolute Gasteiger partial charge is 0.472 e. The average molecular weight is 801 g/mol. The quantitative estimate of drug-likeness (QED) is 0.0776. The molecule has 1 aliphatic heterocycles. The molecule has 1 heterocycles. The summed E-state index contributed by atoms with van der Waals surface area (Å²) in [5, 5.41) is 0. The molecule has 0 aliphatic carbocycles. The highest BCUT2D eigenvalue weighted by molar-refractivity contribution is 7.46. The highest BCUT2D eigenvalue weighted by atomic mass is 31.2. The van der Waals surface area contributed by atoms with Gasteiger partial charge in [0.15, 0.2) is 5.60 Å². The van der Waals surface area contributed by atoms with Gasteiger partial charge in [-0.3, -0.25) is 4.52 Å². The van der Waals surface area contributed by atoms with Crippen molar-refractivity contribution < 1.29 is 42.6 Å². The molecule has 6 aromatic carbocycles. The number of hydrogen-bond acceptors (Lipinski definition) is 7. The molecule has 0 radical (unpaired) electrons. The smallest absolute Gasteiger partial charge is 0.374 e. The monoisotopic (exact) mass is 800 g/mol. The molecule has 7 rings (SSSR count). The third-order valence-electron chi connectivity index (χ3n) is 10.3. The van der Waals surface area contributed by atoms with Gasteiger partial charge in [0.2, 0.25) is 5.79 Å². The van der Waals surface area contributed by atoms with Gasteiger partial charge in [-0.15, -0.1) is 0 Å². The summed E-state index contributed by atoms with van der Waals surface area (Å²) in [4.78, 5) is 21.9. The summed E-state index contributed by atoms with van der Waals surface area (Å²) in [6.45, 7) is 0.564. The lowest BCUT2D eigenvalue weighted by Gasteiger charge is -2.59. The lowest BCUT2D eigenvalue weighted by molar-refractivity contribution is -0.403. The van der Waals surface area contributed by atoms with Crippen LogP contribution in [0.2, 0.25) is 0 Å². The number of rotatable bonds is 19. The van der Waals surface area contributed by atoms with Gasteiger partial charge in [-0.05, 0) is 33.4 Å². The van der Waals surface area contributed by atoms with Crippen molar-refractivity contribution >= 4 is 7.82 Å². The highest BCUT2D eigenvalue weighted by Crippen LogP contribution is 2.55. The van der Waals surface area contributed by atoms with Gasteiger partial charge in [0, 0.05) is 12.8 Å². The lowest BCUT2D eigenvalue weighted by atomic mass is 9.73. The fraction of sp³-hybridized carbons (Fsp3) is 0.250. The van der Waals surface area contributed by atoms with Crippen LogP contribution in [0.4, 0.5) is 0 Å². The fourth-order valence-electron chi connectivity index (χ4n) is 7.58. The third kappa shape index (κ3) is 10.8. The van der Waals surface area contributed by atoms with E-state index < -0.39 is 37.5 Å².